The number of rotatable bonds is 8. The molecule has 2 aromatic heterocycles. The van der Waals surface area contributed by atoms with Crippen LogP contribution in [0.2, 0.25) is 0 Å². The lowest BCUT2D eigenvalue weighted by molar-refractivity contribution is -0.133. The van der Waals surface area contributed by atoms with Gasteiger partial charge < -0.3 is 14.7 Å². The fraction of sp³-hybridized carbons (Fsp3) is 0.389. The lowest BCUT2D eigenvalue weighted by Crippen LogP contribution is -2.38. The molecule has 1 saturated heterocycles. The summed E-state index contributed by atoms with van der Waals surface area (Å²) in [6.45, 7) is 5.76. The first-order valence-electron chi connectivity index (χ1n) is 15.9. The van der Waals surface area contributed by atoms with Gasteiger partial charge in [-0.1, -0.05) is 43.3 Å². The molecule has 1 atom stereocenters. The van der Waals surface area contributed by atoms with Crippen molar-refractivity contribution in [2.24, 2.45) is 5.92 Å². The van der Waals surface area contributed by atoms with E-state index in [9.17, 15) is 14.7 Å². The molecule has 0 unspecified atom stereocenters. The highest BCUT2D eigenvalue weighted by atomic mass is 16.5. The number of carbonyl (C=O) groups excluding carboxylic acids is 1. The monoisotopic (exact) mass is 590 g/mol. The fourth-order valence-corrected chi connectivity index (χ4v) is 7.00. The van der Waals surface area contributed by atoms with Crippen LogP contribution in [0.5, 0.6) is 5.75 Å². The minimum atomic E-state index is -0.987. The Morgan fingerprint density at radius 3 is 2.52 bits per heavy atom. The Hall–Kier alpha value is -4.46. The molecule has 1 N–H and O–H groups in total. The van der Waals surface area contributed by atoms with Gasteiger partial charge in [0.05, 0.1) is 17.6 Å². The van der Waals surface area contributed by atoms with Gasteiger partial charge in [-0.3, -0.25) is 4.79 Å². The maximum atomic E-state index is 12.5. The molecule has 2 fully saturated rings. The van der Waals surface area contributed by atoms with Crippen LogP contribution in [-0.4, -0.2) is 49.7 Å². The molecule has 0 radical (unpaired) electrons. The molecule has 3 heterocycles. The minimum Gasteiger partial charge on any atom is -0.485 e. The maximum absolute atomic E-state index is 12.5. The molecule has 2 aliphatic carbocycles. The highest BCUT2D eigenvalue weighted by Crippen LogP contribution is 2.42. The van der Waals surface area contributed by atoms with Crippen LogP contribution in [0.1, 0.15) is 89.4 Å². The van der Waals surface area contributed by atoms with E-state index in [0.29, 0.717) is 35.7 Å². The Morgan fingerprint density at radius 2 is 1.80 bits per heavy atom. The number of carboxylic acid groups (broad SMARTS) is 1. The van der Waals surface area contributed by atoms with Crippen molar-refractivity contribution in [1.29, 1.82) is 0 Å². The van der Waals surface area contributed by atoms with Gasteiger partial charge in [-0.05, 0) is 92.7 Å². The third kappa shape index (κ3) is 5.27. The Morgan fingerprint density at radius 1 is 1.00 bits per heavy atom. The van der Waals surface area contributed by atoms with Crippen molar-refractivity contribution in [1.82, 2.24) is 19.7 Å². The van der Waals surface area contributed by atoms with E-state index in [2.05, 4.69) is 53.3 Å². The summed E-state index contributed by atoms with van der Waals surface area (Å²) in [5.41, 5.74) is 7.55. The second kappa shape index (κ2) is 11.6. The predicted molar refractivity (Wildman–Crippen MR) is 167 cm³/mol. The van der Waals surface area contributed by atoms with Gasteiger partial charge in [0.25, 0.3) is 0 Å². The zero-order valence-corrected chi connectivity index (χ0v) is 25.3. The molecule has 8 nitrogen and oxygen atoms in total. The molecule has 8 heteroatoms. The topological polar surface area (TPSA) is 97.5 Å². The van der Waals surface area contributed by atoms with E-state index in [-0.39, 0.29) is 11.7 Å². The Balaban J connectivity index is 1.11. The van der Waals surface area contributed by atoms with Crippen molar-refractivity contribution in [3.63, 3.8) is 0 Å². The molecule has 1 amide bonds. The van der Waals surface area contributed by atoms with Gasteiger partial charge in [0.2, 0.25) is 5.91 Å². The number of hydrogen-bond donors (Lipinski definition) is 1. The first-order valence-corrected chi connectivity index (χ1v) is 15.9. The number of benzene rings is 2. The van der Waals surface area contributed by atoms with Crippen LogP contribution in [0, 0.1) is 12.8 Å². The summed E-state index contributed by atoms with van der Waals surface area (Å²) >= 11 is 0. The second-order valence-electron chi connectivity index (χ2n) is 12.4. The Labute approximate surface area is 257 Å². The molecule has 44 heavy (non-hydrogen) atoms. The number of aryl methyl sites for hydroxylation is 2. The highest BCUT2D eigenvalue weighted by Gasteiger charge is 2.35. The third-order valence-electron chi connectivity index (χ3n) is 9.53. The number of amides is 1. The molecule has 226 valence electrons. The second-order valence-corrected chi connectivity index (χ2v) is 12.4. The van der Waals surface area contributed by atoms with Gasteiger partial charge in [-0.15, -0.1) is 0 Å². The van der Waals surface area contributed by atoms with Gasteiger partial charge in [0, 0.05) is 30.1 Å². The quantitative estimate of drug-likeness (QED) is 0.246. The normalized spacial score (nSPS) is 18.3. The van der Waals surface area contributed by atoms with Crippen LogP contribution in [0.4, 0.5) is 0 Å². The van der Waals surface area contributed by atoms with Crippen molar-refractivity contribution in [3.8, 4) is 22.8 Å². The summed E-state index contributed by atoms with van der Waals surface area (Å²) in [5.74, 6) is 1.63. The van der Waals surface area contributed by atoms with Crippen molar-refractivity contribution >= 4 is 11.9 Å². The largest absolute Gasteiger partial charge is 0.485 e. The Kier molecular flexibility index (Phi) is 7.44. The fourth-order valence-electron chi connectivity index (χ4n) is 7.00. The maximum Gasteiger partial charge on any atom is 0.339 e. The molecule has 3 aliphatic rings. The van der Waals surface area contributed by atoms with Crippen molar-refractivity contribution in [3.05, 3.63) is 94.3 Å². The first kappa shape index (κ1) is 28.3. The first-order chi connectivity index (χ1) is 21.4. The highest BCUT2D eigenvalue weighted by molar-refractivity contribution is 5.88. The van der Waals surface area contributed by atoms with Crippen molar-refractivity contribution in [2.45, 2.75) is 70.8 Å². The van der Waals surface area contributed by atoms with Crippen molar-refractivity contribution in [2.75, 3.05) is 13.1 Å². The number of carboxylic acids is 1. The lowest BCUT2D eigenvalue weighted by atomic mass is 9.88. The number of hydrogen-bond acceptors (Lipinski definition) is 5. The van der Waals surface area contributed by atoms with E-state index in [1.807, 2.05) is 25.1 Å². The number of likely N-dealkylation sites (tertiary alicyclic amines) is 1. The number of pyridine rings is 1. The number of fused-ring (bicyclic) bond motifs is 1. The van der Waals surface area contributed by atoms with E-state index in [1.165, 1.54) is 17.3 Å². The van der Waals surface area contributed by atoms with E-state index in [1.54, 1.807) is 4.68 Å². The minimum absolute atomic E-state index is 0.0950. The zero-order chi connectivity index (χ0) is 30.4. The molecule has 0 spiro atoms. The SMILES string of the molecule is CCc1c(C(=O)O)cnn1-c1cccc(-c2cccc3c2[C@@H](Oc2ccc(C4CCN(C(=O)C5CC5)CC4)cc2C)CC3)n1. The number of carbonyl (C=O) groups is 2. The zero-order valence-electron chi connectivity index (χ0n) is 25.3. The summed E-state index contributed by atoms with van der Waals surface area (Å²) in [6, 6.07) is 18.7. The summed E-state index contributed by atoms with van der Waals surface area (Å²) < 4.78 is 8.37. The van der Waals surface area contributed by atoms with E-state index in [0.717, 1.165) is 79.7 Å². The third-order valence-corrected chi connectivity index (χ3v) is 9.53. The molecular weight excluding hydrogens is 552 g/mol. The lowest BCUT2D eigenvalue weighted by Gasteiger charge is -2.32. The Bertz CT molecular complexity index is 1730. The van der Waals surface area contributed by atoms with Crippen LogP contribution in [0.15, 0.2) is 60.8 Å². The molecular formula is C36H38N4O4. The number of nitrogens with zero attached hydrogens (tertiary/aromatic N) is 4. The summed E-state index contributed by atoms with van der Waals surface area (Å²) in [5, 5.41) is 14.0. The van der Waals surface area contributed by atoms with E-state index < -0.39 is 5.97 Å². The standard InChI is InChI=1S/C36H38N4O4/c1-3-30-28(36(42)43)21-37-40(30)33-9-5-8-29(38-33)27-7-4-6-24-12-15-32(34(24)27)44-31-14-13-26(20-22(31)2)23-16-18-39(19-17-23)35(41)25-10-11-25/h4-9,13-14,20-21,23,25,32H,3,10-12,15-19H2,1-2H3,(H,42,43)/t32-/m0/s1. The van der Waals surface area contributed by atoms with Crippen LogP contribution in [-0.2, 0) is 17.6 Å². The van der Waals surface area contributed by atoms with Gasteiger partial charge >= 0.3 is 5.97 Å². The molecule has 7 rings (SSSR count). The van der Waals surface area contributed by atoms with Crippen LogP contribution in [0.25, 0.3) is 17.1 Å². The smallest absolute Gasteiger partial charge is 0.339 e. The summed E-state index contributed by atoms with van der Waals surface area (Å²) in [7, 11) is 0. The molecule has 0 bridgehead atoms. The number of aromatic carboxylic acids is 1. The average Bonchev–Trinajstić information content (AvgIpc) is 3.67. The van der Waals surface area contributed by atoms with E-state index in [4.69, 9.17) is 9.72 Å². The summed E-state index contributed by atoms with van der Waals surface area (Å²) in [4.78, 5) is 31.2. The summed E-state index contributed by atoms with van der Waals surface area (Å²) in [6.07, 6.45) is 7.81. The molecule has 4 aromatic rings. The number of piperidine rings is 1. The molecule has 1 aliphatic heterocycles. The average molecular weight is 591 g/mol. The van der Waals surface area contributed by atoms with Crippen LogP contribution >= 0.6 is 0 Å². The number of aromatic nitrogens is 3. The van der Waals surface area contributed by atoms with Gasteiger partial charge in [0.15, 0.2) is 5.82 Å². The van der Waals surface area contributed by atoms with Gasteiger partial charge in [0.1, 0.15) is 17.4 Å². The predicted octanol–water partition coefficient (Wildman–Crippen LogP) is 6.69. The molecule has 1 saturated carbocycles. The van der Waals surface area contributed by atoms with Crippen molar-refractivity contribution < 1.29 is 19.4 Å². The van der Waals surface area contributed by atoms with E-state index >= 15 is 0 Å². The molecule has 2 aromatic carbocycles. The van der Waals surface area contributed by atoms with Crippen LogP contribution in [0.3, 0.4) is 0 Å². The van der Waals surface area contributed by atoms with Crippen LogP contribution < -0.4 is 4.74 Å². The number of ether oxygens (including phenoxy) is 1. The van der Waals surface area contributed by atoms with Gasteiger partial charge in [-0.2, -0.15) is 5.10 Å². The van der Waals surface area contributed by atoms with Gasteiger partial charge in [-0.25, -0.2) is 14.5 Å².